The summed E-state index contributed by atoms with van der Waals surface area (Å²) in [6.45, 7) is 4.05. The second kappa shape index (κ2) is 2.72. The molecule has 0 unspecified atom stereocenters. The van der Waals surface area contributed by atoms with Crippen LogP contribution in [0.1, 0.15) is 25.4 Å². The van der Waals surface area contributed by atoms with Crippen molar-refractivity contribution in [2.45, 2.75) is 20.3 Å². The standard InChI is InChI=1S/C8H11O/c1-3-7-5-6-8(4-2)9-7/h3,5-6H,4H2,1-2H3. The van der Waals surface area contributed by atoms with E-state index < -0.39 is 0 Å². The van der Waals surface area contributed by atoms with Gasteiger partial charge >= 0.3 is 0 Å². The molecule has 1 heteroatoms. The summed E-state index contributed by atoms with van der Waals surface area (Å²) in [7, 11) is 0. The molecular formula is C8H11O. The molecular weight excluding hydrogens is 112 g/mol. The summed E-state index contributed by atoms with van der Waals surface area (Å²) in [4.78, 5) is 0. The van der Waals surface area contributed by atoms with Crippen molar-refractivity contribution in [2.75, 3.05) is 0 Å². The van der Waals surface area contributed by atoms with Gasteiger partial charge in [-0.1, -0.05) is 13.8 Å². The predicted molar refractivity (Wildman–Crippen MR) is 37.2 cm³/mol. The molecule has 0 fully saturated rings. The summed E-state index contributed by atoms with van der Waals surface area (Å²) >= 11 is 0. The van der Waals surface area contributed by atoms with Crippen molar-refractivity contribution in [3.8, 4) is 0 Å². The van der Waals surface area contributed by atoms with E-state index >= 15 is 0 Å². The highest BCUT2D eigenvalue weighted by molar-refractivity contribution is 5.12. The summed E-state index contributed by atoms with van der Waals surface area (Å²) in [5.74, 6) is 2.02. The average Bonchev–Trinajstić information content (AvgIpc) is 2.34. The average molecular weight is 123 g/mol. The van der Waals surface area contributed by atoms with Crippen molar-refractivity contribution in [2.24, 2.45) is 0 Å². The Labute approximate surface area is 55.7 Å². The third kappa shape index (κ3) is 1.35. The van der Waals surface area contributed by atoms with Crippen LogP contribution in [-0.2, 0) is 6.42 Å². The first-order valence-electron chi connectivity index (χ1n) is 3.25. The minimum absolute atomic E-state index is 0.965. The Hall–Kier alpha value is -0.720. The van der Waals surface area contributed by atoms with E-state index in [0.717, 1.165) is 17.9 Å². The molecule has 1 heterocycles. The number of aryl methyl sites for hydroxylation is 1. The number of rotatable bonds is 2. The van der Waals surface area contributed by atoms with E-state index in [0.29, 0.717) is 0 Å². The maximum atomic E-state index is 5.33. The Kier molecular flexibility index (Phi) is 1.93. The van der Waals surface area contributed by atoms with Gasteiger partial charge in [-0.2, -0.15) is 0 Å². The van der Waals surface area contributed by atoms with Gasteiger partial charge in [0.1, 0.15) is 11.5 Å². The molecule has 1 nitrogen and oxygen atoms in total. The first kappa shape index (κ1) is 6.40. The SMILES string of the molecule is C[CH]c1ccc(CC)o1. The molecule has 49 valence electrons. The molecule has 0 saturated heterocycles. The largest absolute Gasteiger partial charge is 0.466 e. The molecule has 0 aliphatic heterocycles. The van der Waals surface area contributed by atoms with Gasteiger partial charge in [0.15, 0.2) is 0 Å². The van der Waals surface area contributed by atoms with Crippen LogP contribution in [-0.4, -0.2) is 0 Å². The van der Waals surface area contributed by atoms with Gasteiger partial charge in [-0.05, 0) is 12.1 Å². The van der Waals surface area contributed by atoms with Crippen molar-refractivity contribution >= 4 is 0 Å². The molecule has 1 aromatic rings. The van der Waals surface area contributed by atoms with Gasteiger partial charge in [-0.15, -0.1) is 0 Å². The Balaban J connectivity index is 2.74. The Bertz CT molecular complexity index is 158. The van der Waals surface area contributed by atoms with Crippen LogP contribution in [0, 0.1) is 6.42 Å². The molecule has 0 bridgehead atoms. The van der Waals surface area contributed by atoms with Gasteiger partial charge in [-0.25, -0.2) is 0 Å². The second-order valence-electron chi connectivity index (χ2n) is 1.95. The highest BCUT2D eigenvalue weighted by Gasteiger charge is 1.95. The molecule has 9 heavy (non-hydrogen) atoms. The van der Waals surface area contributed by atoms with E-state index in [1.165, 1.54) is 0 Å². The number of furan rings is 1. The highest BCUT2D eigenvalue weighted by Crippen LogP contribution is 2.08. The maximum Gasteiger partial charge on any atom is 0.107 e. The van der Waals surface area contributed by atoms with Crippen LogP contribution in [0.15, 0.2) is 16.5 Å². The van der Waals surface area contributed by atoms with Crippen LogP contribution in [0.25, 0.3) is 0 Å². The fourth-order valence-corrected chi connectivity index (χ4v) is 0.740. The minimum Gasteiger partial charge on any atom is -0.466 e. The van der Waals surface area contributed by atoms with Gasteiger partial charge in [0, 0.05) is 12.8 Å². The van der Waals surface area contributed by atoms with Gasteiger partial charge < -0.3 is 4.42 Å². The van der Waals surface area contributed by atoms with Crippen molar-refractivity contribution in [1.29, 1.82) is 0 Å². The summed E-state index contributed by atoms with van der Waals surface area (Å²) < 4.78 is 5.33. The molecule has 0 N–H and O–H groups in total. The Morgan fingerprint density at radius 3 is 2.67 bits per heavy atom. The monoisotopic (exact) mass is 123 g/mol. The van der Waals surface area contributed by atoms with Gasteiger partial charge in [0.25, 0.3) is 0 Å². The smallest absolute Gasteiger partial charge is 0.107 e. The quantitative estimate of drug-likeness (QED) is 0.588. The van der Waals surface area contributed by atoms with Crippen LogP contribution >= 0.6 is 0 Å². The molecule has 0 aliphatic rings. The van der Waals surface area contributed by atoms with Crippen molar-refractivity contribution in [3.63, 3.8) is 0 Å². The maximum absolute atomic E-state index is 5.33. The fourth-order valence-electron chi connectivity index (χ4n) is 0.740. The Morgan fingerprint density at radius 2 is 2.33 bits per heavy atom. The van der Waals surface area contributed by atoms with Crippen LogP contribution in [0.2, 0.25) is 0 Å². The molecule has 0 saturated carbocycles. The minimum atomic E-state index is 0.965. The van der Waals surface area contributed by atoms with Gasteiger partial charge in [-0.3, -0.25) is 0 Å². The molecule has 1 aromatic heterocycles. The van der Waals surface area contributed by atoms with E-state index in [-0.39, 0.29) is 0 Å². The second-order valence-corrected chi connectivity index (χ2v) is 1.95. The predicted octanol–water partition coefficient (Wildman–Crippen LogP) is 2.41. The van der Waals surface area contributed by atoms with Crippen LogP contribution in [0.3, 0.4) is 0 Å². The first-order chi connectivity index (χ1) is 4.36. The van der Waals surface area contributed by atoms with Crippen LogP contribution in [0.5, 0.6) is 0 Å². The molecule has 0 atom stereocenters. The lowest BCUT2D eigenvalue weighted by Crippen LogP contribution is -1.70. The van der Waals surface area contributed by atoms with E-state index in [4.69, 9.17) is 4.42 Å². The van der Waals surface area contributed by atoms with Crippen LogP contribution < -0.4 is 0 Å². The zero-order valence-corrected chi connectivity index (χ0v) is 5.85. The van der Waals surface area contributed by atoms with E-state index in [9.17, 15) is 0 Å². The zero-order valence-electron chi connectivity index (χ0n) is 5.85. The molecule has 0 spiro atoms. The van der Waals surface area contributed by atoms with Gasteiger partial charge in [0.05, 0.1) is 0 Å². The lowest BCUT2D eigenvalue weighted by molar-refractivity contribution is 0.494. The lowest BCUT2D eigenvalue weighted by atomic mass is 10.3. The van der Waals surface area contributed by atoms with Crippen molar-refractivity contribution in [3.05, 3.63) is 30.1 Å². The van der Waals surface area contributed by atoms with E-state index in [1.807, 2.05) is 25.5 Å². The van der Waals surface area contributed by atoms with Crippen LogP contribution in [0.4, 0.5) is 0 Å². The summed E-state index contributed by atoms with van der Waals surface area (Å²) in [6, 6.07) is 3.99. The molecule has 0 amide bonds. The van der Waals surface area contributed by atoms with E-state index in [1.54, 1.807) is 0 Å². The van der Waals surface area contributed by atoms with E-state index in [2.05, 4.69) is 6.92 Å². The number of hydrogen-bond acceptors (Lipinski definition) is 1. The highest BCUT2D eigenvalue weighted by atomic mass is 16.3. The molecule has 1 rings (SSSR count). The summed E-state index contributed by atoms with van der Waals surface area (Å²) in [6.07, 6.45) is 2.94. The summed E-state index contributed by atoms with van der Waals surface area (Å²) in [5, 5.41) is 0. The zero-order chi connectivity index (χ0) is 6.69. The first-order valence-corrected chi connectivity index (χ1v) is 3.25. The molecule has 0 aliphatic carbocycles. The van der Waals surface area contributed by atoms with Gasteiger partial charge in [0.2, 0.25) is 0 Å². The fraction of sp³-hybridized carbons (Fsp3) is 0.375. The number of hydrogen-bond donors (Lipinski definition) is 0. The lowest BCUT2D eigenvalue weighted by Gasteiger charge is -1.86. The normalized spacial score (nSPS) is 10.0. The topological polar surface area (TPSA) is 13.1 Å². The Morgan fingerprint density at radius 1 is 1.56 bits per heavy atom. The third-order valence-electron chi connectivity index (χ3n) is 1.32. The molecule has 1 radical (unpaired) electrons. The summed E-state index contributed by atoms with van der Waals surface area (Å²) in [5.41, 5.74) is 0. The van der Waals surface area contributed by atoms with Crippen molar-refractivity contribution in [1.82, 2.24) is 0 Å². The molecule has 0 aromatic carbocycles. The van der Waals surface area contributed by atoms with Crippen molar-refractivity contribution < 1.29 is 4.42 Å². The third-order valence-corrected chi connectivity index (χ3v) is 1.32.